The van der Waals surface area contributed by atoms with Gasteiger partial charge in [-0.05, 0) is 30.3 Å². The van der Waals surface area contributed by atoms with Crippen LogP contribution in [-0.2, 0) is 6.18 Å². The largest absolute Gasteiger partial charge is 0.497 e. The van der Waals surface area contributed by atoms with Crippen molar-refractivity contribution in [2.24, 2.45) is 0 Å². The molecule has 0 aliphatic carbocycles. The molecule has 8 nitrogen and oxygen atoms in total. The molecule has 1 aliphatic rings. The number of nitrogens with one attached hydrogen (secondary N) is 1. The Morgan fingerprint density at radius 3 is 2.70 bits per heavy atom. The fraction of sp³-hybridized carbons (Fsp3) is 0.318. The topological polar surface area (TPSA) is 89.6 Å². The molecule has 1 atom stereocenters. The van der Waals surface area contributed by atoms with E-state index in [1.54, 1.807) is 36.3 Å². The molecule has 2 aromatic heterocycles. The van der Waals surface area contributed by atoms with Crippen LogP contribution in [0.5, 0.6) is 17.4 Å². The van der Waals surface area contributed by atoms with Crippen LogP contribution in [-0.4, -0.2) is 59.4 Å². The van der Waals surface area contributed by atoms with Crippen LogP contribution in [0, 0.1) is 0 Å². The second kappa shape index (κ2) is 9.00. The summed E-state index contributed by atoms with van der Waals surface area (Å²) >= 11 is 0. The molecule has 1 fully saturated rings. The second-order valence-corrected chi connectivity index (χ2v) is 7.39. The van der Waals surface area contributed by atoms with Crippen LogP contribution in [0.25, 0.3) is 11.3 Å². The molecule has 1 amide bonds. The monoisotopic (exact) mass is 462 g/mol. The minimum atomic E-state index is -4.48. The van der Waals surface area contributed by atoms with Gasteiger partial charge in [-0.2, -0.15) is 18.3 Å². The number of amides is 1. The SMILES string of the molecule is COc1ccc(OC)c(-c2cc(C(=O)N3CCC(Oc4cc(C(F)(F)F)ccn4)C3)[nH]n2)c1. The number of carbonyl (C=O) groups excluding carboxylic acids is 1. The molecule has 1 unspecified atom stereocenters. The first-order valence-electron chi connectivity index (χ1n) is 10.1. The van der Waals surface area contributed by atoms with Crippen molar-refractivity contribution in [3.8, 4) is 28.6 Å². The lowest BCUT2D eigenvalue weighted by atomic mass is 10.1. The van der Waals surface area contributed by atoms with E-state index in [-0.39, 0.29) is 24.0 Å². The van der Waals surface area contributed by atoms with Crippen LogP contribution in [0.3, 0.4) is 0 Å². The molecule has 174 valence electrons. The van der Waals surface area contributed by atoms with Gasteiger partial charge in [0.2, 0.25) is 5.88 Å². The number of hydrogen-bond donors (Lipinski definition) is 1. The molecule has 1 saturated heterocycles. The summed E-state index contributed by atoms with van der Waals surface area (Å²) in [6.45, 7) is 0.604. The number of carbonyl (C=O) groups is 1. The van der Waals surface area contributed by atoms with E-state index >= 15 is 0 Å². The summed E-state index contributed by atoms with van der Waals surface area (Å²) in [6.07, 6.45) is -3.43. The first-order chi connectivity index (χ1) is 15.8. The van der Waals surface area contributed by atoms with Crippen LogP contribution < -0.4 is 14.2 Å². The first kappa shape index (κ1) is 22.4. The zero-order chi connectivity index (χ0) is 23.6. The van der Waals surface area contributed by atoms with E-state index in [9.17, 15) is 18.0 Å². The van der Waals surface area contributed by atoms with E-state index in [1.165, 1.54) is 7.11 Å². The number of hydrogen-bond acceptors (Lipinski definition) is 6. The fourth-order valence-electron chi connectivity index (χ4n) is 3.58. The van der Waals surface area contributed by atoms with Crippen molar-refractivity contribution in [2.75, 3.05) is 27.3 Å². The number of halogens is 3. The van der Waals surface area contributed by atoms with E-state index in [0.29, 0.717) is 35.7 Å². The highest BCUT2D eigenvalue weighted by Gasteiger charge is 2.33. The number of aromatic amines is 1. The van der Waals surface area contributed by atoms with Gasteiger partial charge in [-0.15, -0.1) is 0 Å². The average Bonchev–Trinajstić information content (AvgIpc) is 3.48. The highest BCUT2D eigenvalue weighted by Crippen LogP contribution is 2.33. The third-order valence-electron chi connectivity index (χ3n) is 5.27. The van der Waals surface area contributed by atoms with Gasteiger partial charge >= 0.3 is 6.18 Å². The lowest BCUT2D eigenvalue weighted by Gasteiger charge is -2.16. The van der Waals surface area contributed by atoms with Crippen LogP contribution in [0.2, 0.25) is 0 Å². The number of ether oxygens (including phenoxy) is 3. The third-order valence-corrected chi connectivity index (χ3v) is 5.27. The van der Waals surface area contributed by atoms with Gasteiger partial charge < -0.3 is 19.1 Å². The lowest BCUT2D eigenvalue weighted by Crippen LogP contribution is -2.31. The zero-order valence-electron chi connectivity index (χ0n) is 17.8. The van der Waals surface area contributed by atoms with Gasteiger partial charge in [0.15, 0.2) is 0 Å². The third kappa shape index (κ3) is 4.86. The molecule has 0 bridgehead atoms. The van der Waals surface area contributed by atoms with E-state index in [0.717, 1.165) is 18.3 Å². The van der Waals surface area contributed by atoms with Crippen molar-refractivity contribution in [3.63, 3.8) is 0 Å². The molecule has 3 heterocycles. The number of aromatic nitrogens is 3. The molecule has 3 aromatic rings. The van der Waals surface area contributed by atoms with Crippen molar-refractivity contribution >= 4 is 5.91 Å². The fourth-order valence-corrected chi connectivity index (χ4v) is 3.58. The summed E-state index contributed by atoms with van der Waals surface area (Å²) in [7, 11) is 3.08. The van der Waals surface area contributed by atoms with E-state index < -0.39 is 17.8 Å². The van der Waals surface area contributed by atoms with Gasteiger partial charge in [-0.1, -0.05) is 0 Å². The van der Waals surface area contributed by atoms with E-state index in [1.807, 2.05) is 0 Å². The molecule has 0 saturated carbocycles. The van der Waals surface area contributed by atoms with Crippen molar-refractivity contribution in [3.05, 3.63) is 53.9 Å². The van der Waals surface area contributed by atoms with Crippen LogP contribution in [0.4, 0.5) is 13.2 Å². The molecule has 33 heavy (non-hydrogen) atoms. The molecule has 4 rings (SSSR count). The normalized spacial score (nSPS) is 16.0. The smallest absolute Gasteiger partial charge is 0.416 e. The Hall–Kier alpha value is -3.76. The van der Waals surface area contributed by atoms with E-state index in [4.69, 9.17) is 14.2 Å². The van der Waals surface area contributed by atoms with E-state index in [2.05, 4.69) is 15.2 Å². The Morgan fingerprint density at radius 1 is 1.15 bits per heavy atom. The summed E-state index contributed by atoms with van der Waals surface area (Å²) in [5, 5.41) is 6.97. The van der Waals surface area contributed by atoms with Crippen LogP contribution >= 0.6 is 0 Å². The van der Waals surface area contributed by atoms with Crippen molar-refractivity contribution < 1.29 is 32.2 Å². The minimum Gasteiger partial charge on any atom is -0.497 e. The maximum Gasteiger partial charge on any atom is 0.416 e. The lowest BCUT2D eigenvalue weighted by molar-refractivity contribution is -0.137. The first-order valence-corrected chi connectivity index (χ1v) is 10.1. The molecule has 0 spiro atoms. The molecule has 11 heteroatoms. The number of alkyl halides is 3. The molecule has 1 aromatic carbocycles. The molecular weight excluding hydrogens is 441 g/mol. The number of H-pyrrole nitrogens is 1. The highest BCUT2D eigenvalue weighted by atomic mass is 19.4. The number of methoxy groups -OCH3 is 2. The molecule has 1 aliphatic heterocycles. The number of pyridine rings is 1. The molecule has 1 N–H and O–H groups in total. The summed E-state index contributed by atoms with van der Waals surface area (Å²) < 4.78 is 54.9. The standard InChI is InChI=1S/C22H21F3N4O4/c1-31-14-3-4-19(32-2)16(10-14)17-11-18(28-27-17)21(30)29-8-6-15(12-29)33-20-9-13(5-7-26-20)22(23,24)25/h3-5,7,9-11,15H,6,8,12H2,1-2H3,(H,27,28). The van der Waals surface area contributed by atoms with Crippen molar-refractivity contribution in [1.82, 2.24) is 20.1 Å². The van der Waals surface area contributed by atoms with Crippen LogP contribution in [0.1, 0.15) is 22.5 Å². The summed E-state index contributed by atoms with van der Waals surface area (Å²) in [5.74, 6) is 0.769. The number of likely N-dealkylation sites (tertiary alicyclic amines) is 1. The van der Waals surface area contributed by atoms with Gasteiger partial charge in [-0.25, -0.2) is 4.98 Å². The maximum atomic E-state index is 12.9. The highest BCUT2D eigenvalue weighted by molar-refractivity contribution is 5.93. The van der Waals surface area contributed by atoms with Crippen LogP contribution in [0.15, 0.2) is 42.6 Å². The Bertz CT molecular complexity index is 1150. The van der Waals surface area contributed by atoms with Gasteiger partial charge in [-0.3, -0.25) is 9.89 Å². The van der Waals surface area contributed by atoms with Gasteiger partial charge in [0.1, 0.15) is 23.3 Å². The Morgan fingerprint density at radius 2 is 1.97 bits per heavy atom. The maximum absolute atomic E-state index is 12.9. The number of rotatable bonds is 6. The Labute approximate surface area is 187 Å². The number of benzene rings is 1. The Balaban J connectivity index is 1.44. The predicted molar refractivity (Wildman–Crippen MR) is 111 cm³/mol. The summed E-state index contributed by atoms with van der Waals surface area (Å²) in [5.41, 5.74) is 0.601. The summed E-state index contributed by atoms with van der Waals surface area (Å²) in [4.78, 5) is 18.3. The van der Waals surface area contributed by atoms with Crippen molar-refractivity contribution in [1.29, 1.82) is 0 Å². The number of nitrogens with zero attached hydrogens (tertiary/aromatic N) is 3. The Kier molecular flexibility index (Phi) is 6.12. The average molecular weight is 462 g/mol. The second-order valence-electron chi connectivity index (χ2n) is 7.39. The predicted octanol–water partition coefficient (Wildman–Crippen LogP) is 3.80. The summed E-state index contributed by atoms with van der Waals surface area (Å²) in [6, 6.07) is 8.60. The minimum absolute atomic E-state index is 0.127. The molecular formula is C22H21F3N4O4. The van der Waals surface area contributed by atoms with Gasteiger partial charge in [0.05, 0.1) is 32.0 Å². The van der Waals surface area contributed by atoms with Crippen molar-refractivity contribution in [2.45, 2.75) is 18.7 Å². The van der Waals surface area contributed by atoms with Gasteiger partial charge in [0, 0.05) is 30.8 Å². The van der Waals surface area contributed by atoms with Gasteiger partial charge in [0.25, 0.3) is 5.91 Å². The quantitative estimate of drug-likeness (QED) is 0.600. The zero-order valence-corrected chi connectivity index (χ0v) is 17.8. The molecule has 0 radical (unpaired) electrons.